The summed E-state index contributed by atoms with van der Waals surface area (Å²) in [6.07, 6.45) is 0.700. The van der Waals surface area contributed by atoms with Crippen LogP contribution in [-0.2, 0) is 17.8 Å². The highest BCUT2D eigenvalue weighted by Gasteiger charge is 2.18. The molecule has 3 rings (SSSR count). The first kappa shape index (κ1) is 17.9. The summed E-state index contributed by atoms with van der Waals surface area (Å²) in [7, 11) is 0. The summed E-state index contributed by atoms with van der Waals surface area (Å²) in [4.78, 5) is 12.5. The minimum atomic E-state index is -0.0394. The summed E-state index contributed by atoms with van der Waals surface area (Å²) in [5.74, 6) is 1.08. The van der Waals surface area contributed by atoms with E-state index in [2.05, 4.69) is 15.5 Å². The van der Waals surface area contributed by atoms with Crippen molar-refractivity contribution >= 4 is 5.91 Å². The standard InChI is InChI=1S/C20H24N4O2/c1-5-19-22-23-20(26-19)17-11-13(2)24(15(17)4)12-18(25)21-14(3)16-9-7-6-8-10-16/h6-11,14H,5,12H2,1-4H3,(H,21,25). The normalized spacial score (nSPS) is 12.2. The van der Waals surface area contributed by atoms with E-state index in [1.54, 1.807) is 0 Å². The van der Waals surface area contributed by atoms with Gasteiger partial charge in [0.1, 0.15) is 6.54 Å². The SMILES string of the molecule is CCc1nnc(-c2cc(C)n(CC(=O)NC(C)c3ccccc3)c2C)o1. The Morgan fingerprint density at radius 3 is 2.62 bits per heavy atom. The molecule has 0 fully saturated rings. The van der Waals surface area contributed by atoms with E-state index in [4.69, 9.17) is 4.42 Å². The zero-order chi connectivity index (χ0) is 18.7. The average Bonchev–Trinajstić information content (AvgIpc) is 3.22. The second kappa shape index (κ2) is 7.56. The molecule has 1 aromatic carbocycles. The number of nitrogens with one attached hydrogen (secondary N) is 1. The van der Waals surface area contributed by atoms with Crippen LogP contribution in [0.25, 0.3) is 11.5 Å². The van der Waals surface area contributed by atoms with Gasteiger partial charge in [-0.15, -0.1) is 10.2 Å². The van der Waals surface area contributed by atoms with E-state index >= 15 is 0 Å². The van der Waals surface area contributed by atoms with Gasteiger partial charge in [0.25, 0.3) is 0 Å². The molecular formula is C20H24N4O2. The highest BCUT2D eigenvalue weighted by Crippen LogP contribution is 2.26. The van der Waals surface area contributed by atoms with Crippen LogP contribution in [0.5, 0.6) is 0 Å². The Bertz CT molecular complexity index is 896. The first-order valence-electron chi connectivity index (χ1n) is 8.83. The van der Waals surface area contributed by atoms with E-state index in [1.165, 1.54) is 0 Å². The summed E-state index contributed by atoms with van der Waals surface area (Å²) in [5.41, 5.74) is 3.88. The third kappa shape index (κ3) is 3.69. The molecule has 2 aromatic heterocycles. The molecule has 1 unspecified atom stereocenters. The second-order valence-corrected chi connectivity index (χ2v) is 6.43. The highest BCUT2D eigenvalue weighted by molar-refractivity contribution is 5.77. The maximum Gasteiger partial charge on any atom is 0.249 e. The summed E-state index contributed by atoms with van der Waals surface area (Å²) in [6, 6.07) is 11.9. The van der Waals surface area contributed by atoms with Crippen LogP contribution >= 0.6 is 0 Å². The Morgan fingerprint density at radius 1 is 1.23 bits per heavy atom. The van der Waals surface area contributed by atoms with E-state index in [0.29, 0.717) is 18.2 Å². The number of carbonyl (C=O) groups excluding carboxylic acids is 1. The van der Waals surface area contributed by atoms with Gasteiger partial charge >= 0.3 is 0 Å². The molecule has 1 N–H and O–H groups in total. The van der Waals surface area contributed by atoms with Crippen molar-refractivity contribution in [3.63, 3.8) is 0 Å². The summed E-state index contributed by atoms with van der Waals surface area (Å²) in [5, 5.41) is 11.2. The van der Waals surface area contributed by atoms with Crippen LogP contribution in [0.15, 0.2) is 40.8 Å². The maximum atomic E-state index is 12.5. The summed E-state index contributed by atoms with van der Waals surface area (Å²) < 4.78 is 7.63. The number of rotatable bonds is 6. The molecule has 26 heavy (non-hydrogen) atoms. The van der Waals surface area contributed by atoms with Crippen LogP contribution in [0.3, 0.4) is 0 Å². The van der Waals surface area contributed by atoms with Gasteiger partial charge in [-0.1, -0.05) is 37.3 Å². The van der Waals surface area contributed by atoms with Gasteiger partial charge in [-0.05, 0) is 32.4 Å². The third-order valence-electron chi connectivity index (χ3n) is 4.55. The van der Waals surface area contributed by atoms with Gasteiger partial charge in [-0.3, -0.25) is 4.79 Å². The largest absolute Gasteiger partial charge is 0.421 e. The van der Waals surface area contributed by atoms with Crippen molar-refractivity contribution in [2.24, 2.45) is 0 Å². The lowest BCUT2D eigenvalue weighted by atomic mass is 10.1. The van der Waals surface area contributed by atoms with Crippen molar-refractivity contribution in [3.8, 4) is 11.5 Å². The monoisotopic (exact) mass is 352 g/mol. The van der Waals surface area contributed by atoms with Crippen LogP contribution in [0.4, 0.5) is 0 Å². The Hall–Kier alpha value is -2.89. The molecule has 2 heterocycles. The molecule has 0 spiro atoms. The van der Waals surface area contributed by atoms with Crippen molar-refractivity contribution in [3.05, 3.63) is 59.2 Å². The Labute approximate surface area is 153 Å². The van der Waals surface area contributed by atoms with Crippen molar-refractivity contribution in [2.75, 3.05) is 0 Å². The fourth-order valence-electron chi connectivity index (χ4n) is 3.02. The number of carbonyl (C=O) groups is 1. The Balaban J connectivity index is 1.74. The molecular weight excluding hydrogens is 328 g/mol. The first-order chi connectivity index (χ1) is 12.5. The maximum absolute atomic E-state index is 12.5. The van der Waals surface area contributed by atoms with Crippen molar-refractivity contribution < 1.29 is 9.21 Å². The lowest BCUT2D eigenvalue weighted by Gasteiger charge is -2.16. The molecule has 0 saturated carbocycles. The van der Waals surface area contributed by atoms with Crippen molar-refractivity contribution in [1.82, 2.24) is 20.1 Å². The third-order valence-corrected chi connectivity index (χ3v) is 4.55. The molecule has 3 aromatic rings. The lowest BCUT2D eigenvalue weighted by Crippen LogP contribution is -2.30. The zero-order valence-electron chi connectivity index (χ0n) is 15.6. The predicted molar refractivity (Wildman–Crippen MR) is 99.6 cm³/mol. The van der Waals surface area contributed by atoms with Gasteiger partial charge in [0.05, 0.1) is 11.6 Å². The number of aromatic nitrogens is 3. The number of aryl methyl sites for hydroxylation is 2. The Kier molecular flexibility index (Phi) is 5.21. The minimum absolute atomic E-state index is 0.0329. The van der Waals surface area contributed by atoms with Gasteiger partial charge in [-0.2, -0.15) is 0 Å². The summed E-state index contributed by atoms with van der Waals surface area (Å²) in [6.45, 7) is 8.15. The predicted octanol–water partition coefficient (Wildman–Crippen LogP) is 3.59. The van der Waals surface area contributed by atoms with E-state index in [-0.39, 0.29) is 18.5 Å². The average molecular weight is 352 g/mol. The molecule has 0 aliphatic carbocycles. The number of benzene rings is 1. The smallest absolute Gasteiger partial charge is 0.249 e. The molecule has 136 valence electrons. The van der Waals surface area contributed by atoms with Gasteiger partial charge in [0.15, 0.2) is 0 Å². The quantitative estimate of drug-likeness (QED) is 0.736. The van der Waals surface area contributed by atoms with Crippen molar-refractivity contribution in [1.29, 1.82) is 0 Å². The molecule has 0 bridgehead atoms. The molecule has 1 atom stereocenters. The van der Waals surface area contributed by atoms with Gasteiger partial charge in [-0.25, -0.2) is 0 Å². The van der Waals surface area contributed by atoms with E-state index in [1.807, 2.05) is 68.7 Å². The van der Waals surface area contributed by atoms with Crippen LogP contribution < -0.4 is 5.32 Å². The Morgan fingerprint density at radius 2 is 1.96 bits per heavy atom. The van der Waals surface area contributed by atoms with E-state index in [0.717, 1.165) is 22.5 Å². The van der Waals surface area contributed by atoms with E-state index < -0.39 is 0 Å². The van der Waals surface area contributed by atoms with Crippen LogP contribution in [-0.4, -0.2) is 20.7 Å². The van der Waals surface area contributed by atoms with Gasteiger partial charge in [0.2, 0.25) is 17.7 Å². The number of amides is 1. The molecule has 0 saturated heterocycles. The fourth-order valence-corrected chi connectivity index (χ4v) is 3.02. The molecule has 0 aliphatic heterocycles. The first-order valence-corrected chi connectivity index (χ1v) is 8.83. The van der Waals surface area contributed by atoms with Gasteiger partial charge < -0.3 is 14.3 Å². The van der Waals surface area contributed by atoms with Crippen LogP contribution in [0, 0.1) is 13.8 Å². The highest BCUT2D eigenvalue weighted by atomic mass is 16.4. The van der Waals surface area contributed by atoms with E-state index in [9.17, 15) is 4.79 Å². The molecule has 1 amide bonds. The van der Waals surface area contributed by atoms with Gasteiger partial charge in [0, 0.05) is 17.8 Å². The fraction of sp³-hybridized carbons (Fsp3) is 0.350. The summed E-state index contributed by atoms with van der Waals surface area (Å²) >= 11 is 0. The number of hydrogen-bond acceptors (Lipinski definition) is 4. The lowest BCUT2D eigenvalue weighted by molar-refractivity contribution is -0.122. The zero-order valence-corrected chi connectivity index (χ0v) is 15.6. The minimum Gasteiger partial charge on any atom is -0.421 e. The van der Waals surface area contributed by atoms with Crippen molar-refractivity contribution in [2.45, 2.75) is 46.7 Å². The van der Waals surface area contributed by atoms with Crippen LogP contribution in [0.2, 0.25) is 0 Å². The second-order valence-electron chi connectivity index (χ2n) is 6.43. The molecule has 6 nitrogen and oxygen atoms in total. The molecule has 0 aliphatic rings. The topological polar surface area (TPSA) is 73.0 Å². The number of nitrogens with zero attached hydrogens (tertiary/aromatic N) is 3. The number of hydrogen-bond donors (Lipinski definition) is 1. The molecule has 6 heteroatoms. The van der Waals surface area contributed by atoms with Crippen LogP contribution in [0.1, 0.15) is 42.7 Å². The molecule has 0 radical (unpaired) electrons.